The average Bonchev–Trinajstić information content (AvgIpc) is 2.65. The van der Waals surface area contributed by atoms with Gasteiger partial charge in [-0.15, -0.1) is 0 Å². The zero-order valence-corrected chi connectivity index (χ0v) is 12.3. The van der Waals surface area contributed by atoms with Crippen molar-refractivity contribution in [1.82, 2.24) is 9.78 Å². The molecule has 0 saturated heterocycles. The number of aromatic nitrogens is 2. The van der Waals surface area contributed by atoms with Crippen molar-refractivity contribution >= 4 is 38.5 Å². The van der Waals surface area contributed by atoms with E-state index < -0.39 is 0 Å². The maximum absolute atomic E-state index is 5.53. The van der Waals surface area contributed by atoms with Gasteiger partial charge in [0.05, 0.1) is 15.5 Å². The summed E-state index contributed by atoms with van der Waals surface area (Å²) in [7, 11) is 0. The smallest absolute Gasteiger partial charge is 0.0788 e. The second kappa shape index (κ2) is 5.29. The van der Waals surface area contributed by atoms with Gasteiger partial charge in [0, 0.05) is 10.7 Å². The standard InChI is InChI=1S/C11H11BrIN3/c12-10-5-8(3-4-14)1-2-11(10)16-7-9(13)6-15-16/h1-2,5-7H,3-4,14H2. The van der Waals surface area contributed by atoms with E-state index in [1.54, 1.807) is 0 Å². The third-order valence-corrected chi connectivity index (χ3v) is 3.44. The van der Waals surface area contributed by atoms with E-state index in [4.69, 9.17) is 5.73 Å². The molecular weight excluding hydrogens is 381 g/mol. The first-order chi connectivity index (χ1) is 7.70. The summed E-state index contributed by atoms with van der Waals surface area (Å²) in [6.45, 7) is 0.672. The van der Waals surface area contributed by atoms with Gasteiger partial charge in [-0.3, -0.25) is 0 Å². The predicted molar refractivity (Wildman–Crippen MR) is 76.7 cm³/mol. The van der Waals surface area contributed by atoms with Crippen LogP contribution in [0.15, 0.2) is 35.1 Å². The minimum Gasteiger partial charge on any atom is -0.330 e. The lowest BCUT2D eigenvalue weighted by molar-refractivity contribution is 0.872. The molecule has 0 atom stereocenters. The Morgan fingerprint density at radius 3 is 2.81 bits per heavy atom. The van der Waals surface area contributed by atoms with Gasteiger partial charge in [-0.05, 0) is 69.2 Å². The minimum atomic E-state index is 0.672. The van der Waals surface area contributed by atoms with Crippen LogP contribution in [0.3, 0.4) is 0 Å². The van der Waals surface area contributed by atoms with Gasteiger partial charge >= 0.3 is 0 Å². The van der Waals surface area contributed by atoms with Crippen molar-refractivity contribution < 1.29 is 0 Å². The molecule has 3 nitrogen and oxygen atoms in total. The molecule has 16 heavy (non-hydrogen) atoms. The molecule has 0 spiro atoms. The van der Waals surface area contributed by atoms with Crippen LogP contribution in [0.25, 0.3) is 5.69 Å². The van der Waals surface area contributed by atoms with Crippen molar-refractivity contribution in [3.63, 3.8) is 0 Å². The summed E-state index contributed by atoms with van der Waals surface area (Å²) in [6, 6.07) is 6.23. The summed E-state index contributed by atoms with van der Waals surface area (Å²) in [4.78, 5) is 0. The van der Waals surface area contributed by atoms with Crippen LogP contribution in [0.1, 0.15) is 5.56 Å². The van der Waals surface area contributed by atoms with Crippen LogP contribution in [0.2, 0.25) is 0 Å². The third kappa shape index (κ3) is 2.64. The van der Waals surface area contributed by atoms with E-state index in [1.165, 1.54) is 5.56 Å². The fourth-order valence-electron chi connectivity index (χ4n) is 1.49. The Bertz CT molecular complexity index is 496. The van der Waals surface area contributed by atoms with Crippen LogP contribution in [0, 0.1) is 3.57 Å². The maximum atomic E-state index is 5.53. The molecule has 84 valence electrons. The van der Waals surface area contributed by atoms with Crippen LogP contribution in [0.5, 0.6) is 0 Å². The molecule has 0 aliphatic carbocycles. The van der Waals surface area contributed by atoms with E-state index in [9.17, 15) is 0 Å². The number of benzene rings is 1. The highest BCUT2D eigenvalue weighted by atomic mass is 127. The zero-order chi connectivity index (χ0) is 11.5. The SMILES string of the molecule is NCCc1ccc(-n2cc(I)cn2)c(Br)c1. The Labute approximate surface area is 116 Å². The van der Waals surface area contributed by atoms with E-state index in [0.29, 0.717) is 6.54 Å². The molecule has 0 aliphatic rings. The van der Waals surface area contributed by atoms with Gasteiger partial charge in [0.25, 0.3) is 0 Å². The molecule has 5 heteroatoms. The first-order valence-electron chi connectivity index (χ1n) is 4.90. The summed E-state index contributed by atoms with van der Waals surface area (Å²) < 4.78 is 4.02. The number of hydrogen-bond acceptors (Lipinski definition) is 2. The second-order valence-corrected chi connectivity index (χ2v) is 5.53. The zero-order valence-electron chi connectivity index (χ0n) is 8.53. The van der Waals surface area contributed by atoms with Crippen molar-refractivity contribution in [3.8, 4) is 5.69 Å². The summed E-state index contributed by atoms with van der Waals surface area (Å²) >= 11 is 5.80. The van der Waals surface area contributed by atoms with E-state index in [1.807, 2.05) is 17.1 Å². The highest BCUT2D eigenvalue weighted by molar-refractivity contribution is 14.1. The van der Waals surface area contributed by atoms with E-state index in [0.717, 1.165) is 20.2 Å². The summed E-state index contributed by atoms with van der Waals surface area (Å²) in [5, 5.41) is 4.28. The van der Waals surface area contributed by atoms with Crippen molar-refractivity contribution in [1.29, 1.82) is 0 Å². The van der Waals surface area contributed by atoms with E-state index in [2.05, 4.69) is 61.8 Å². The lowest BCUT2D eigenvalue weighted by atomic mass is 10.1. The Hall–Kier alpha value is -0.400. The number of nitrogens with two attached hydrogens (primary N) is 1. The Morgan fingerprint density at radius 2 is 2.25 bits per heavy atom. The molecule has 0 bridgehead atoms. The molecular formula is C11H11BrIN3. The van der Waals surface area contributed by atoms with Crippen LogP contribution in [-0.2, 0) is 6.42 Å². The molecule has 0 fully saturated rings. The number of hydrogen-bond donors (Lipinski definition) is 1. The molecule has 1 aromatic carbocycles. The first kappa shape index (κ1) is 12.1. The van der Waals surface area contributed by atoms with E-state index >= 15 is 0 Å². The van der Waals surface area contributed by atoms with Crippen LogP contribution in [0.4, 0.5) is 0 Å². The van der Waals surface area contributed by atoms with Crippen LogP contribution < -0.4 is 5.73 Å². The molecule has 0 unspecified atom stereocenters. The third-order valence-electron chi connectivity index (χ3n) is 2.24. The topological polar surface area (TPSA) is 43.8 Å². The average molecular weight is 392 g/mol. The van der Waals surface area contributed by atoms with Gasteiger partial charge in [-0.1, -0.05) is 6.07 Å². The molecule has 1 heterocycles. The molecule has 2 N–H and O–H groups in total. The molecule has 1 aromatic heterocycles. The molecule has 2 aromatic rings. The lowest BCUT2D eigenvalue weighted by Crippen LogP contribution is -2.03. The fraction of sp³-hybridized carbons (Fsp3) is 0.182. The van der Waals surface area contributed by atoms with Crippen LogP contribution >= 0.6 is 38.5 Å². The van der Waals surface area contributed by atoms with Gasteiger partial charge in [0.2, 0.25) is 0 Å². The van der Waals surface area contributed by atoms with Gasteiger partial charge in [-0.25, -0.2) is 4.68 Å². The van der Waals surface area contributed by atoms with Crippen molar-refractivity contribution in [2.75, 3.05) is 6.54 Å². The molecule has 0 radical (unpaired) electrons. The summed E-state index contributed by atoms with van der Waals surface area (Å²) in [5.74, 6) is 0. The van der Waals surface area contributed by atoms with Crippen molar-refractivity contribution in [2.24, 2.45) is 5.73 Å². The van der Waals surface area contributed by atoms with E-state index in [-0.39, 0.29) is 0 Å². The van der Waals surface area contributed by atoms with Gasteiger partial charge < -0.3 is 5.73 Å². The fourth-order valence-corrected chi connectivity index (χ4v) is 2.49. The number of nitrogens with zero attached hydrogens (tertiary/aromatic N) is 2. The van der Waals surface area contributed by atoms with Gasteiger partial charge in [-0.2, -0.15) is 5.10 Å². The minimum absolute atomic E-state index is 0.672. The number of halogens is 2. The lowest BCUT2D eigenvalue weighted by Gasteiger charge is -2.06. The van der Waals surface area contributed by atoms with Crippen molar-refractivity contribution in [2.45, 2.75) is 6.42 Å². The molecule has 2 rings (SSSR count). The summed E-state index contributed by atoms with van der Waals surface area (Å²) in [5.41, 5.74) is 7.81. The monoisotopic (exact) mass is 391 g/mol. The Kier molecular flexibility index (Phi) is 3.99. The maximum Gasteiger partial charge on any atom is 0.0788 e. The quantitative estimate of drug-likeness (QED) is 0.817. The van der Waals surface area contributed by atoms with Crippen LogP contribution in [-0.4, -0.2) is 16.3 Å². The highest BCUT2D eigenvalue weighted by Crippen LogP contribution is 2.22. The first-order valence-corrected chi connectivity index (χ1v) is 6.77. The largest absolute Gasteiger partial charge is 0.330 e. The highest BCUT2D eigenvalue weighted by Gasteiger charge is 2.04. The van der Waals surface area contributed by atoms with Gasteiger partial charge in [0.15, 0.2) is 0 Å². The Morgan fingerprint density at radius 1 is 1.44 bits per heavy atom. The summed E-state index contributed by atoms with van der Waals surface area (Å²) in [6.07, 6.45) is 4.72. The molecule has 0 aliphatic heterocycles. The molecule has 0 saturated carbocycles. The number of rotatable bonds is 3. The Balaban J connectivity index is 2.36. The van der Waals surface area contributed by atoms with Gasteiger partial charge in [0.1, 0.15) is 0 Å². The normalized spacial score (nSPS) is 10.7. The van der Waals surface area contributed by atoms with Crippen molar-refractivity contribution in [3.05, 3.63) is 44.2 Å². The molecule has 0 amide bonds. The second-order valence-electron chi connectivity index (χ2n) is 3.43. The predicted octanol–water partition coefficient (Wildman–Crippen LogP) is 2.74.